The van der Waals surface area contributed by atoms with E-state index in [2.05, 4.69) is 35.6 Å². The van der Waals surface area contributed by atoms with Crippen LogP contribution in [0.15, 0.2) is 12.4 Å². The highest BCUT2D eigenvalue weighted by Gasteiger charge is 2.28. The molecule has 1 aromatic heterocycles. The van der Waals surface area contributed by atoms with Crippen molar-refractivity contribution in [2.24, 2.45) is 0 Å². The van der Waals surface area contributed by atoms with Crippen LogP contribution in [-0.4, -0.2) is 60.2 Å². The summed E-state index contributed by atoms with van der Waals surface area (Å²) in [6.45, 7) is 2.55. The first-order chi connectivity index (χ1) is 9.11. The molecule has 104 valence electrons. The van der Waals surface area contributed by atoms with Crippen molar-refractivity contribution in [3.8, 4) is 0 Å². The van der Waals surface area contributed by atoms with Gasteiger partial charge >= 0.3 is 0 Å². The Bertz CT molecular complexity index is 448. The fourth-order valence-electron chi connectivity index (χ4n) is 1.62. The van der Waals surface area contributed by atoms with Gasteiger partial charge in [0.1, 0.15) is 0 Å². The molecule has 0 N–H and O–H groups in total. The SMILES string of the molecule is S=C(S)N(N1CCOCC1)N(C(=S)S)n1ccnn1. The zero-order chi connectivity index (χ0) is 13.8. The van der Waals surface area contributed by atoms with Crippen LogP contribution in [0, 0.1) is 0 Å². The van der Waals surface area contributed by atoms with E-state index in [1.54, 1.807) is 11.3 Å². The lowest BCUT2D eigenvalue weighted by Crippen LogP contribution is -2.62. The number of morpholine rings is 1. The highest BCUT2D eigenvalue weighted by Crippen LogP contribution is 2.12. The van der Waals surface area contributed by atoms with Crippen molar-refractivity contribution in [3.63, 3.8) is 0 Å². The second kappa shape index (κ2) is 6.81. The molecule has 1 aliphatic rings. The fourth-order valence-corrected chi connectivity index (χ4v) is 2.36. The van der Waals surface area contributed by atoms with E-state index in [4.69, 9.17) is 29.2 Å². The monoisotopic (exact) mass is 336 g/mol. The van der Waals surface area contributed by atoms with Gasteiger partial charge in [0, 0.05) is 13.1 Å². The van der Waals surface area contributed by atoms with Crippen molar-refractivity contribution in [2.75, 3.05) is 31.4 Å². The van der Waals surface area contributed by atoms with E-state index < -0.39 is 0 Å². The number of thiocarbonyl (C=S) groups is 2. The minimum Gasteiger partial charge on any atom is -0.379 e. The zero-order valence-corrected chi connectivity index (χ0v) is 13.2. The van der Waals surface area contributed by atoms with Crippen LogP contribution in [0.25, 0.3) is 0 Å². The molecular weight excluding hydrogens is 324 g/mol. The van der Waals surface area contributed by atoms with Gasteiger partial charge in [-0.25, -0.2) is 0 Å². The van der Waals surface area contributed by atoms with Crippen molar-refractivity contribution in [1.82, 2.24) is 25.2 Å². The van der Waals surface area contributed by atoms with E-state index in [9.17, 15) is 0 Å². The van der Waals surface area contributed by atoms with Crippen LogP contribution in [0.5, 0.6) is 0 Å². The number of rotatable bonds is 2. The first kappa shape index (κ1) is 14.9. The van der Waals surface area contributed by atoms with Crippen molar-refractivity contribution in [3.05, 3.63) is 12.4 Å². The van der Waals surface area contributed by atoms with E-state index in [0.29, 0.717) is 30.6 Å². The molecule has 1 saturated heterocycles. The van der Waals surface area contributed by atoms with Crippen molar-refractivity contribution in [1.29, 1.82) is 0 Å². The summed E-state index contributed by atoms with van der Waals surface area (Å²) in [5, 5.41) is 12.7. The smallest absolute Gasteiger partial charge is 0.178 e. The van der Waals surface area contributed by atoms with Gasteiger partial charge in [-0.1, -0.05) is 0 Å². The topological polar surface area (TPSA) is 49.7 Å². The summed E-state index contributed by atoms with van der Waals surface area (Å²) in [4.78, 5) is 1.44. The normalized spacial score (nSPS) is 16.1. The standard InChI is InChI=1S/C8H12N6OS4/c16-7(17)13(11-3-5-15-6-4-11)14(8(18)19)12-2-1-9-10-12/h1-2H,3-6H2,(H,16,17)(H,18,19). The molecule has 0 bridgehead atoms. The molecule has 0 aliphatic carbocycles. The van der Waals surface area contributed by atoms with E-state index in [0.717, 1.165) is 0 Å². The maximum atomic E-state index is 5.32. The maximum absolute atomic E-state index is 5.32. The summed E-state index contributed by atoms with van der Waals surface area (Å²) < 4.78 is 5.92. The summed E-state index contributed by atoms with van der Waals surface area (Å²) in [7, 11) is 0. The van der Waals surface area contributed by atoms with Gasteiger partial charge in [-0.2, -0.15) is 10.1 Å². The second-order valence-electron chi connectivity index (χ2n) is 3.53. The molecule has 2 heterocycles. The molecule has 0 atom stereocenters. The van der Waals surface area contributed by atoms with Crippen molar-refractivity contribution in [2.45, 2.75) is 0 Å². The number of aromatic nitrogens is 3. The lowest BCUT2D eigenvalue weighted by molar-refractivity contribution is -0.0562. The van der Waals surface area contributed by atoms with E-state index in [1.807, 2.05) is 5.01 Å². The molecule has 11 heteroatoms. The van der Waals surface area contributed by atoms with Crippen molar-refractivity contribution < 1.29 is 4.74 Å². The van der Waals surface area contributed by atoms with Gasteiger partial charge in [0.2, 0.25) is 0 Å². The largest absolute Gasteiger partial charge is 0.379 e. The van der Waals surface area contributed by atoms with Crippen LogP contribution in [0.4, 0.5) is 0 Å². The Morgan fingerprint density at radius 3 is 2.26 bits per heavy atom. The molecule has 2 rings (SSSR count). The summed E-state index contributed by atoms with van der Waals surface area (Å²) in [6, 6.07) is 0. The predicted molar refractivity (Wildman–Crippen MR) is 85.6 cm³/mol. The summed E-state index contributed by atoms with van der Waals surface area (Å²) >= 11 is 18.8. The third-order valence-corrected chi connectivity index (χ3v) is 3.07. The Labute approximate surface area is 132 Å². The van der Waals surface area contributed by atoms with Crippen LogP contribution in [0.1, 0.15) is 0 Å². The molecular formula is C8H12N6OS4. The predicted octanol–water partition coefficient (Wildman–Crippen LogP) is 0.110. The summed E-state index contributed by atoms with van der Waals surface area (Å²) in [6.07, 6.45) is 3.18. The van der Waals surface area contributed by atoms with Gasteiger partial charge in [0.05, 0.1) is 25.6 Å². The van der Waals surface area contributed by atoms with Crippen LogP contribution in [0.3, 0.4) is 0 Å². The highest BCUT2D eigenvalue weighted by atomic mass is 32.1. The third-order valence-electron chi connectivity index (χ3n) is 2.38. The molecule has 19 heavy (non-hydrogen) atoms. The Balaban J connectivity index is 2.29. The minimum absolute atomic E-state index is 0.272. The quantitative estimate of drug-likeness (QED) is 0.448. The molecule has 0 aromatic carbocycles. The summed E-state index contributed by atoms with van der Waals surface area (Å²) in [5.41, 5.74) is 0. The first-order valence-electron chi connectivity index (χ1n) is 5.36. The molecule has 0 saturated carbocycles. The summed E-state index contributed by atoms with van der Waals surface area (Å²) in [5.74, 6) is 0. The number of hydrogen-bond acceptors (Lipinski definition) is 6. The van der Waals surface area contributed by atoms with Gasteiger partial charge in [-0.3, -0.25) is 0 Å². The first-order valence-corrected chi connectivity index (χ1v) is 7.07. The van der Waals surface area contributed by atoms with Crippen LogP contribution in [0.2, 0.25) is 0 Å². The van der Waals surface area contributed by atoms with Gasteiger partial charge in [-0.15, -0.1) is 40.3 Å². The number of hydrazine groups is 2. The average Bonchev–Trinajstić information content (AvgIpc) is 2.89. The minimum atomic E-state index is 0.272. The molecule has 0 spiro atoms. The van der Waals surface area contributed by atoms with Crippen LogP contribution < -0.4 is 5.12 Å². The maximum Gasteiger partial charge on any atom is 0.178 e. The Kier molecular flexibility index (Phi) is 5.36. The number of ether oxygens (including phenoxy) is 1. The highest BCUT2D eigenvalue weighted by molar-refractivity contribution is 8.12. The van der Waals surface area contributed by atoms with Crippen molar-refractivity contribution >= 4 is 58.3 Å². The average molecular weight is 336 g/mol. The van der Waals surface area contributed by atoms with Gasteiger partial charge in [-0.05, 0) is 29.6 Å². The number of thiol groups is 2. The van der Waals surface area contributed by atoms with Gasteiger partial charge < -0.3 is 4.74 Å². The Hall–Kier alpha value is -0.460. The number of nitrogens with zero attached hydrogens (tertiary/aromatic N) is 6. The van der Waals surface area contributed by atoms with Crippen LogP contribution >= 0.6 is 49.7 Å². The molecule has 7 nitrogen and oxygen atoms in total. The molecule has 1 aromatic rings. The molecule has 0 amide bonds. The number of hydrogen-bond donors (Lipinski definition) is 2. The molecule has 1 aliphatic heterocycles. The second-order valence-corrected chi connectivity index (χ2v) is 5.76. The Morgan fingerprint density at radius 1 is 1.16 bits per heavy atom. The molecule has 0 unspecified atom stereocenters. The fraction of sp³-hybridized carbons (Fsp3) is 0.500. The third kappa shape index (κ3) is 3.55. The van der Waals surface area contributed by atoms with E-state index >= 15 is 0 Å². The van der Waals surface area contributed by atoms with E-state index in [-0.39, 0.29) is 4.32 Å². The lowest BCUT2D eigenvalue weighted by atomic mass is 10.5. The van der Waals surface area contributed by atoms with Gasteiger partial charge in [0.25, 0.3) is 0 Å². The molecule has 0 radical (unpaired) electrons. The van der Waals surface area contributed by atoms with E-state index in [1.165, 1.54) is 16.1 Å². The Morgan fingerprint density at radius 2 is 1.79 bits per heavy atom. The van der Waals surface area contributed by atoms with Crippen LogP contribution in [-0.2, 0) is 4.74 Å². The molecule has 1 fully saturated rings. The lowest BCUT2D eigenvalue weighted by Gasteiger charge is -2.42. The zero-order valence-electron chi connectivity index (χ0n) is 9.79. The van der Waals surface area contributed by atoms with Gasteiger partial charge in [0.15, 0.2) is 8.64 Å².